The number of nitrogens with zero attached hydrogens (tertiary/aromatic N) is 4. The first-order chi connectivity index (χ1) is 14.1. The summed E-state index contributed by atoms with van der Waals surface area (Å²) in [7, 11) is 0. The van der Waals surface area contributed by atoms with Crippen molar-refractivity contribution >= 4 is 22.7 Å². The number of carbonyl (C=O) groups excluding carboxylic acids is 1. The first kappa shape index (κ1) is 17.6. The van der Waals surface area contributed by atoms with E-state index >= 15 is 0 Å². The number of hydrogen-bond donors (Lipinski definition) is 0. The molecule has 5 rings (SSSR count). The molecule has 2 aliphatic heterocycles. The van der Waals surface area contributed by atoms with Crippen LogP contribution in [0.15, 0.2) is 53.9 Å². The molecule has 7 nitrogen and oxygen atoms in total. The smallest absolute Gasteiger partial charge is 0.245 e. The number of hydrogen-bond acceptors (Lipinski definition) is 6. The summed E-state index contributed by atoms with van der Waals surface area (Å²) in [4.78, 5) is 21.6. The van der Waals surface area contributed by atoms with E-state index in [0.29, 0.717) is 12.2 Å². The highest BCUT2D eigenvalue weighted by Crippen LogP contribution is 2.38. The lowest BCUT2D eigenvalue weighted by atomic mass is 9.97. The monoisotopic (exact) mass is 388 g/mol. The van der Waals surface area contributed by atoms with E-state index in [1.54, 1.807) is 17.4 Å². The predicted octanol–water partition coefficient (Wildman–Crippen LogP) is 3.69. The van der Waals surface area contributed by atoms with Gasteiger partial charge in [-0.3, -0.25) is 14.8 Å². The van der Waals surface area contributed by atoms with Crippen molar-refractivity contribution in [1.82, 2.24) is 15.0 Å². The average Bonchev–Trinajstić information content (AvgIpc) is 3.39. The number of aromatic nitrogens is 2. The van der Waals surface area contributed by atoms with Crippen molar-refractivity contribution in [2.45, 2.75) is 26.3 Å². The Hall–Kier alpha value is -3.48. The minimum absolute atomic E-state index is 0.00927. The van der Waals surface area contributed by atoms with Crippen LogP contribution < -0.4 is 9.47 Å². The van der Waals surface area contributed by atoms with Crippen LogP contribution in [0.4, 0.5) is 0 Å². The van der Waals surface area contributed by atoms with Crippen LogP contribution in [0.3, 0.4) is 0 Å². The molecule has 0 N–H and O–H groups in total. The van der Waals surface area contributed by atoms with Gasteiger partial charge in [-0.1, -0.05) is 19.9 Å². The van der Waals surface area contributed by atoms with Gasteiger partial charge < -0.3 is 9.47 Å². The number of fused-ring (bicyclic) bond motifs is 2. The van der Waals surface area contributed by atoms with E-state index in [-0.39, 0.29) is 24.7 Å². The van der Waals surface area contributed by atoms with Crippen molar-refractivity contribution in [3.63, 3.8) is 0 Å². The third kappa shape index (κ3) is 3.08. The summed E-state index contributed by atoms with van der Waals surface area (Å²) >= 11 is 0. The van der Waals surface area contributed by atoms with Crippen LogP contribution in [0, 0.1) is 5.92 Å². The number of ether oxygens (including phenoxy) is 2. The Bertz CT molecular complexity index is 1140. The highest BCUT2D eigenvalue weighted by atomic mass is 16.7. The molecule has 7 heteroatoms. The topological polar surface area (TPSA) is 76.9 Å². The molecule has 29 heavy (non-hydrogen) atoms. The van der Waals surface area contributed by atoms with Crippen molar-refractivity contribution in [3.8, 4) is 11.5 Å². The van der Waals surface area contributed by atoms with Gasteiger partial charge in [0, 0.05) is 30.3 Å². The van der Waals surface area contributed by atoms with Gasteiger partial charge in [-0.15, -0.1) is 0 Å². The molecule has 3 heterocycles. The van der Waals surface area contributed by atoms with Gasteiger partial charge in [-0.2, -0.15) is 5.10 Å². The quantitative estimate of drug-likeness (QED) is 0.684. The highest BCUT2D eigenvalue weighted by molar-refractivity contribution is 6.03. The Morgan fingerprint density at radius 2 is 1.83 bits per heavy atom. The number of hydrazone groups is 1. The van der Waals surface area contributed by atoms with E-state index in [9.17, 15) is 4.79 Å². The second kappa shape index (κ2) is 6.84. The molecule has 2 aliphatic rings. The maximum atomic E-state index is 12.9. The van der Waals surface area contributed by atoms with E-state index in [2.05, 4.69) is 9.97 Å². The van der Waals surface area contributed by atoms with Crippen LogP contribution in [0.1, 0.15) is 37.4 Å². The predicted molar refractivity (Wildman–Crippen MR) is 108 cm³/mol. The zero-order valence-corrected chi connectivity index (χ0v) is 16.2. The summed E-state index contributed by atoms with van der Waals surface area (Å²) in [6, 6.07) is 11.5. The van der Waals surface area contributed by atoms with Gasteiger partial charge in [0.05, 0.1) is 22.8 Å². The van der Waals surface area contributed by atoms with Crippen LogP contribution in [-0.2, 0) is 4.79 Å². The molecule has 0 saturated carbocycles. The molecule has 0 unspecified atom stereocenters. The van der Waals surface area contributed by atoms with Crippen molar-refractivity contribution in [2.75, 3.05) is 6.79 Å². The normalized spacial score (nSPS) is 17.8. The molecule has 3 aromatic rings. The summed E-state index contributed by atoms with van der Waals surface area (Å²) < 4.78 is 10.9. The molecule has 0 spiro atoms. The Morgan fingerprint density at radius 3 is 2.66 bits per heavy atom. The maximum absolute atomic E-state index is 12.9. The number of benzene rings is 2. The zero-order valence-electron chi connectivity index (χ0n) is 16.2. The maximum Gasteiger partial charge on any atom is 0.245 e. The van der Waals surface area contributed by atoms with Crippen LogP contribution in [-0.4, -0.2) is 33.4 Å². The lowest BCUT2D eigenvalue weighted by molar-refractivity contribution is -0.136. The molecular weight excluding hydrogens is 368 g/mol. The van der Waals surface area contributed by atoms with Gasteiger partial charge in [0.2, 0.25) is 12.7 Å². The second-order valence-corrected chi connectivity index (χ2v) is 7.48. The molecule has 0 saturated heterocycles. The number of amides is 1. The van der Waals surface area contributed by atoms with E-state index in [1.165, 1.54) is 0 Å². The molecule has 1 amide bonds. The summed E-state index contributed by atoms with van der Waals surface area (Å²) in [5.74, 6) is 1.27. The van der Waals surface area contributed by atoms with Crippen molar-refractivity contribution in [1.29, 1.82) is 0 Å². The third-order valence-corrected chi connectivity index (χ3v) is 5.21. The Balaban J connectivity index is 1.53. The Kier molecular flexibility index (Phi) is 4.16. The van der Waals surface area contributed by atoms with Gasteiger partial charge in [-0.25, -0.2) is 5.01 Å². The average molecular weight is 388 g/mol. The van der Waals surface area contributed by atoms with Crippen LogP contribution in [0.2, 0.25) is 0 Å². The standard InChI is InChI=1S/C22H20N4O3/c1-13(2)22(27)26-19(15-3-5-16-18(9-15)24-8-7-23-16)11-17(25-26)14-4-6-20-21(10-14)29-12-28-20/h3-10,13,19H,11-12H2,1-2H3/t19-/m1/s1. The highest BCUT2D eigenvalue weighted by Gasteiger charge is 2.34. The first-order valence-corrected chi connectivity index (χ1v) is 9.61. The summed E-state index contributed by atoms with van der Waals surface area (Å²) in [5.41, 5.74) is 4.40. The van der Waals surface area contributed by atoms with Gasteiger partial charge in [0.1, 0.15) is 0 Å². The molecule has 146 valence electrons. The fourth-order valence-electron chi connectivity index (χ4n) is 3.68. The van der Waals surface area contributed by atoms with E-state index in [1.807, 2.05) is 50.2 Å². The van der Waals surface area contributed by atoms with E-state index in [0.717, 1.165) is 33.6 Å². The molecule has 0 aliphatic carbocycles. The molecule has 1 aromatic heterocycles. The molecule has 2 aromatic carbocycles. The van der Waals surface area contributed by atoms with Crippen molar-refractivity contribution in [2.24, 2.45) is 11.0 Å². The third-order valence-electron chi connectivity index (χ3n) is 5.21. The molecule has 0 fully saturated rings. The van der Waals surface area contributed by atoms with Crippen LogP contribution >= 0.6 is 0 Å². The molecule has 0 radical (unpaired) electrons. The fourth-order valence-corrected chi connectivity index (χ4v) is 3.68. The van der Waals surface area contributed by atoms with Gasteiger partial charge in [0.15, 0.2) is 11.5 Å². The molecular formula is C22H20N4O3. The summed E-state index contributed by atoms with van der Waals surface area (Å²) in [6.07, 6.45) is 3.96. The largest absolute Gasteiger partial charge is 0.454 e. The van der Waals surface area contributed by atoms with Crippen LogP contribution in [0.5, 0.6) is 11.5 Å². The molecule has 0 bridgehead atoms. The lowest BCUT2D eigenvalue weighted by Crippen LogP contribution is -2.30. The van der Waals surface area contributed by atoms with Crippen molar-refractivity contribution < 1.29 is 14.3 Å². The minimum Gasteiger partial charge on any atom is -0.454 e. The summed E-state index contributed by atoms with van der Waals surface area (Å²) in [6.45, 7) is 4.00. The van der Waals surface area contributed by atoms with Gasteiger partial charge >= 0.3 is 0 Å². The second-order valence-electron chi connectivity index (χ2n) is 7.48. The fraction of sp³-hybridized carbons (Fsp3) is 0.273. The van der Waals surface area contributed by atoms with E-state index < -0.39 is 0 Å². The Labute approximate surface area is 168 Å². The first-order valence-electron chi connectivity index (χ1n) is 9.61. The van der Waals surface area contributed by atoms with Crippen molar-refractivity contribution in [3.05, 3.63) is 59.9 Å². The lowest BCUT2D eigenvalue weighted by Gasteiger charge is -2.23. The Morgan fingerprint density at radius 1 is 1.03 bits per heavy atom. The summed E-state index contributed by atoms with van der Waals surface area (Å²) in [5, 5.41) is 6.32. The van der Waals surface area contributed by atoms with E-state index in [4.69, 9.17) is 14.6 Å². The number of rotatable bonds is 3. The van der Waals surface area contributed by atoms with Crippen LogP contribution in [0.25, 0.3) is 11.0 Å². The number of carbonyl (C=O) groups is 1. The van der Waals surface area contributed by atoms with Gasteiger partial charge in [-0.05, 0) is 35.9 Å². The minimum atomic E-state index is -0.184. The van der Waals surface area contributed by atoms with Gasteiger partial charge in [0.25, 0.3) is 0 Å². The zero-order chi connectivity index (χ0) is 20.0. The SMILES string of the molecule is CC(C)C(=O)N1N=C(c2ccc3c(c2)OCO3)C[C@@H]1c1ccc2nccnc2c1. The molecule has 1 atom stereocenters.